The molecule has 0 aliphatic rings. The summed E-state index contributed by atoms with van der Waals surface area (Å²) < 4.78 is 59.5. The van der Waals surface area contributed by atoms with Gasteiger partial charge in [0.15, 0.2) is 0 Å². The molecule has 11 heteroatoms. The third kappa shape index (κ3) is 31.1. The lowest BCUT2D eigenvalue weighted by Crippen LogP contribution is -2.15. The van der Waals surface area contributed by atoms with Crippen LogP contribution in [0.1, 0.15) is 39.0 Å². The second-order valence-electron chi connectivity index (χ2n) is 7.62. The Kier molecular flexibility index (Phi) is 31.3. The monoisotopic (exact) mass is 528 g/mol. The highest BCUT2D eigenvalue weighted by molar-refractivity contribution is 5.69. The predicted octanol–water partition coefficient (Wildman–Crippen LogP) is 2.60. The number of carbonyl (C=O) groups excluding carboxylic acids is 1. The maximum absolute atomic E-state index is 11.8. The minimum atomic E-state index is -0.474. The van der Waals surface area contributed by atoms with Gasteiger partial charge in [0.2, 0.25) is 0 Å². The minimum Gasteiger partial charge on any atom is -0.463 e. The average molecular weight is 529 g/mol. The van der Waals surface area contributed by atoms with Gasteiger partial charge in [-0.05, 0) is 6.42 Å². The topological polar surface area (TPSA) is 100 Å². The first-order valence-electron chi connectivity index (χ1n) is 13.1. The summed E-state index contributed by atoms with van der Waals surface area (Å²) in [7, 11) is 0. The van der Waals surface area contributed by atoms with Crippen LogP contribution in [0.15, 0.2) is 0 Å². The largest absolute Gasteiger partial charge is 0.463 e. The number of ether oxygens (including phenoxy) is 9. The number of hydrogen-bond acceptors (Lipinski definition) is 10. The molecule has 216 valence electrons. The van der Waals surface area contributed by atoms with Gasteiger partial charge in [-0.15, -0.1) is 0 Å². The predicted molar refractivity (Wildman–Crippen MR) is 132 cm³/mol. The Morgan fingerprint density at radius 1 is 0.472 bits per heavy atom. The zero-order valence-electron chi connectivity index (χ0n) is 22.2. The van der Waals surface area contributed by atoms with Gasteiger partial charge in [-0.2, -0.15) is 0 Å². The second-order valence-corrected chi connectivity index (χ2v) is 7.62. The summed E-state index contributed by atoms with van der Waals surface area (Å²) in [6, 6.07) is 0. The number of alkyl halides is 1. The van der Waals surface area contributed by atoms with Crippen molar-refractivity contribution in [3.05, 3.63) is 0 Å². The molecule has 0 aromatic rings. The van der Waals surface area contributed by atoms with Crippen LogP contribution in [0.5, 0.6) is 0 Å². The molecule has 0 aliphatic carbocycles. The molecule has 0 fully saturated rings. The summed E-state index contributed by atoms with van der Waals surface area (Å²) in [6.45, 7) is 9.06. The van der Waals surface area contributed by atoms with Gasteiger partial charge < -0.3 is 42.6 Å². The van der Waals surface area contributed by atoms with Crippen LogP contribution in [-0.2, 0) is 47.4 Å². The van der Waals surface area contributed by atoms with Crippen molar-refractivity contribution in [2.45, 2.75) is 39.0 Å². The van der Waals surface area contributed by atoms with Crippen LogP contribution < -0.4 is 0 Å². The molecule has 0 N–H and O–H groups in total. The fourth-order valence-corrected chi connectivity index (χ4v) is 2.68. The second kappa shape index (κ2) is 32.1. The Morgan fingerprint density at radius 2 is 0.806 bits per heavy atom. The Bertz CT molecular complexity index is 432. The highest BCUT2D eigenvalue weighted by atomic mass is 19.1. The Labute approximate surface area is 216 Å². The minimum absolute atomic E-state index is 0.113. The summed E-state index contributed by atoms with van der Waals surface area (Å²) in [5.41, 5.74) is 0. The molecule has 0 radical (unpaired) electrons. The summed E-state index contributed by atoms with van der Waals surface area (Å²) in [6.07, 6.45) is 4.76. The van der Waals surface area contributed by atoms with E-state index in [0.717, 1.165) is 25.7 Å². The molecule has 0 aromatic heterocycles. The van der Waals surface area contributed by atoms with Crippen molar-refractivity contribution in [2.24, 2.45) is 0 Å². The van der Waals surface area contributed by atoms with Crippen LogP contribution in [0.2, 0.25) is 0 Å². The van der Waals surface area contributed by atoms with Crippen LogP contribution in [0.25, 0.3) is 0 Å². The van der Waals surface area contributed by atoms with Crippen LogP contribution >= 0.6 is 0 Å². The Hall–Kier alpha value is -0.920. The van der Waals surface area contributed by atoms with E-state index >= 15 is 0 Å². The smallest absolute Gasteiger partial charge is 0.305 e. The molecule has 0 saturated carbocycles. The Balaban J connectivity index is 3.07. The number of halogens is 1. The standard InChI is InChI=1S/C25H49FO10/c1-2-3-4-5-6-25(27)36-24-23-35-22-21-34-20-19-33-18-17-32-16-15-31-14-13-30-12-11-29-10-9-28-8-7-26/h2-24H2,1H3. The molecule has 36 heavy (non-hydrogen) atoms. The Morgan fingerprint density at radius 3 is 1.14 bits per heavy atom. The van der Waals surface area contributed by atoms with E-state index in [-0.39, 0.29) is 19.2 Å². The van der Waals surface area contributed by atoms with Crippen molar-refractivity contribution >= 4 is 5.97 Å². The summed E-state index contributed by atoms with van der Waals surface area (Å²) in [5, 5.41) is 0. The van der Waals surface area contributed by atoms with E-state index in [1.54, 1.807) is 0 Å². The van der Waals surface area contributed by atoms with Crippen LogP contribution in [0, 0.1) is 0 Å². The number of unbranched alkanes of at least 4 members (excludes halogenated alkanes) is 3. The maximum atomic E-state index is 11.8. The van der Waals surface area contributed by atoms with E-state index in [4.69, 9.17) is 42.6 Å². The van der Waals surface area contributed by atoms with E-state index in [1.807, 2.05) is 0 Å². The highest BCUT2D eigenvalue weighted by Crippen LogP contribution is 2.03. The van der Waals surface area contributed by atoms with Gasteiger partial charge in [-0.25, -0.2) is 4.39 Å². The van der Waals surface area contributed by atoms with Crippen molar-refractivity contribution in [2.75, 3.05) is 119 Å². The molecule has 0 bridgehead atoms. The fraction of sp³-hybridized carbons (Fsp3) is 0.960. The summed E-state index contributed by atoms with van der Waals surface area (Å²) in [4.78, 5) is 11.5. The van der Waals surface area contributed by atoms with Crippen LogP contribution in [0.3, 0.4) is 0 Å². The lowest BCUT2D eigenvalue weighted by atomic mass is 10.2. The molecule has 0 aromatic carbocycles. The van der Waals surface area contributed by atoms with Gasteiger partial charge in [0.25, 0.3) is 0 Å². The van der Waals surface area contributed by atoms with Crippen molar-refractivity contribution < 1.29 is 51.8 Å². The van der Waals surface area contributed by atoms with Crippen LogP contribution in [0.4, 0.5) is 4.39 Å². The normalized spacial score (nSPS) is 11.3. The molecule has 10 nitrogen and oxygen atoms in total. The molecular formula is C25H49FO10. The van der Waals surface area contributed by atoms with Gasteiger partial charge in [0, 0.05) is 6.42 Å². The molecule has 0 amide bonds. The van der Waals surface area contributed by atoms with E-state index in [0.29, 0.717) is 106 Å². The fourth-order valence-electron chi connectivity index (χ4n) is 2.68. The summed E-state index contributed by atoms with van der Waals surface area (Å²) in [5.74, 6) is -0.154. The van der Waals surface area contributed by atoms with E-state index in [1.165, 1.54) is 0 Å². The highest BCUT2D eigenvalue weighted by Gasteiger charge is 2.02. The van der Waals surface area contributed by atoms with Gasteiger partial charge in [0.1, 0.15) is 13.3 Å². The average Bonchev–Trinajstić information content (AvgIpc) is 2.88. The van der Waals surface area contributed by atoms with Gasteiger partial charge in [0.05, 0.1) is 106 Å². The van der Waals surface area contributed by atoms with Crippen molar-refractivity contribution in [3.63, 3.8) is 0 Å². The van der Waals surface area contributed by atoms with Gasteiger partial charge >= 0.3 is 5.97 Å². The SMILES string of the molecule is CCCCCCC(=O)OCCOCCOCCOCCOCCOCCOCCOCCOCCF. The first kappa shape index (κ1) is 35.1. The number of esters is 1. The molecular weight excluding hydrogens is 479 g/mol. The molecule has 0 unspecified atom stereocenters. The van der Waals surface area contributed by atoms with Crippen molar-refractivity contribution in [1.29, 1.82) is 0 Å². The molecule has 0 atom stereocenters. The number of hydrogen-bond donors (Lipinski definition) is 0. The van der Waals surface area contributed by atoms with Gasteiger partial charge in [-0.1, -0.05) is 26.2 Å². The maximum Gasteiger partial charge on any atom is 0.305 e. The van der Waals surface area contributed by atoms with E-state index < -0.39 is 6.67 Å². The van der Waals surface area contributed by atoms with Crippen LogP contribution in [-0.4, -0.2) is 125 Å². The first-order valence-corrected chi connectivity index (χ1v) is 13.1. The molecule has 0 spiro atoms. The molecule has 0 heterocycles. The lowest BCUT2D eigenvalue weighted by molar-refractivity contribution is -0.145. The number of rotatable bonds is 31. The quantitative estimate of drug-likeness (QED) is 0.0986. The zero-order chi connectivity index (χ0) is 26.2. The first-order chi connectivity index (χ1) is 17.8. The third-order valence-electron chi connectivity index (χ3n) is 4.55. The lowest BCUT2D eigenvalue weighted by Gasteiger charge is -2.09. The van der Waals surface area contributed by atoms with Crippen molar-refractivity contribution in [1.82, 2.24) is 0 Å². The molecule has 0 saturated heterocycles. The number of carbonyl (C=O) groups is 1. The summed E-state index contributed by atoms with van der Waals surface area (Å²) >= 11 is 0. The molecule has 0 aliphatic heterocycles. The van der Waals surface area contributed by atoms with Crippen molar-refractivity contribution in [3.8, 4) is 0 Å². The third-order valence-corrected chi connectivity index (χ3v) is 4.55. The van der Waals surface area contributed by atoms with E-state index in [9.17, 15) is 9.18 Å². The zero-order valence-corrected chi connectivity index (χ0v) is 22.2. The molecule has 0 rings (SSSR count). The van der Waals surface area contributed by atoms with E-state index in [2.05, 4.69) is 6.92 Å². The van der Waals surface area contributed by atoms with Gasteiger partial charge in [-0.3, -0.25) is 4.79 Å².